The van der Waals surface area contributed by atoms with Crippen LogP contribution >= 0.6 is 0 Å². The predicted octanol–water partition coefficient (Wildman–Crippen LogP) is 1.52. The summed E-state index contributed by atoms with van der Waals surface area (Å²) >= 11 is 0. The molecule has 0 atom stereocenters. The molecule has 0 aliphatic rings. The number of benzene rings is 1. The van der Waals surface area contributed by atoms with Crippen LogP contribution in [0.3, 0.4) is 0 Å². The van der Waals surface area contributed by atoms with Crippen LogP contribution in [0, 0.1) is 17.0 Å². The molecule has 0 unspecified atom stereocenters. The molecule has 1 heterocycles. The van der Waals surface area contributed by atoms with Crippen molar-refractivity contribution in [1.29, 1.82) is 0 Å². The van der Waals surface area contributed by atoms with Crippen LogP contribution in [-0.4, -0.2) is 14.9 Å². The van der Waals surface area contributed by atoms with E-state index in [2.05, 4.69) is 9.97 Å². The Hall–Kier alpha value is -2.70. The number of nitrogens with zero attached hydrogens (tertiary/aromatic N) is 3. The van der Waals surface area contributed by atoms with E-state index in [1.807, 2.05) is 0 Å². The minimum absolute atomic E-state index is 0.0110. The highest BCUT2D eigenvalue weighted by atomic mass is 16.6. The number of non-ortho nitro benzene ring substituents is 1. The second-order valence-electron chi connectivity index (χ2n) is 3.73. The fraction of sp³-hybridized carbons (Fsp3) is 0.0909. The zero-order valence-corrected chi connectivity index (χ0v) is 9.62. The molecule has 18 heavy (non-hydrogen) atoms. The van der Waals surface area contributed by atoms with Crippen molar-refractivity contribution in [3.05, 3.63) is 40.1 Å². The van der Waals surface area contributed by atoms with Crippen molar-refractivity contribution < 1.29 is 4.92 Å². The van der Waals surface area contributed by atoms with Crippen molar-refractivity contribution in [3.8, 4) is 11.1 Å². The largest absolute Gasteiger partial charge is 0.383 e. The molecule has 0 fully saturated rings. The van der Waals surface area contributed by atoms with Crippen LogP contribution in [0.1, 0.15) is 5.69 Å². The van der Waals surface area contributed by atoms with E-state index in [1.54, 1.807) is 19.1 Å². The van der Waals surface area contributed by atoms with Crippen LogP contribution in [0.2, 0.25) is 0 Å². The number of hydrogen-bond donors (Lipinski definition) is 2. The number of aryl methyl sites for hydroxylation is 1. The molecule has 0 saturated carbocycles. The van der Waals surface area contributed by atoms with Crippen molar-refractivity contribution >= 4 is 17.5 Å². The second kappa shape index (κ2) is 4.28. The lowest BCUT2D eigenvalue weighted by atomic mass is 10.0. The van der Waals surface area contributed by atoms with Crippen molar-refractivity contribution in [2.24, 2.45) is 0 Å². The monoisotopic (exact) mass is 245 g/mol. The van der Waals surface area contributed by atoms with Crippen LogP contribution in [0.4, 0.5) is 17.5 Å². The third kappa shape index (κ3) is 2.05. The maximum Gasteiger partial charge on any atom is 0.270 e. The zero-order chi connectivity index (χ0) is 13.3. The van der Waals surface area contributed by atoms with Crippen LogP contribution in [0.25, 0.3) is 11.1 Å². The molecule has 4 N–H and O–H groups in total. The van der Waals surface area contributed by atoms with E-state index in [-0.39, 0.29) is 17.5 Å². The summed E-state index contributed by atoms with van der Waals surface area (Å²) in [4.78, 5) is 18.1. The summed E-state index contributed by atoms with van der Waals surface area (Å²) < 4.78 is 0. The molecule has 92 valence electrons. The van der Waals surface area contributed by atoms with Gasteiger partial charge in [0.15, 0.2) is 0 Å². The van der Waals surface area contributed by atoms with E-state index in [4.69, 9.17) is 11.5 Å². The van der Waals surface area contributed by atoms with Gasteiger partial charge in [-0.25, -0.2) is 4.98 Å². The Labute approximate surface area is 103 Å². The maximum atomic E-state index is 10.7. The highest BCUT2D eigenvalue weighted by molar-refractivity contribution is 5.77. The molecular weight excluding hydrogens is 234 g/mol. The van der Waals surface area contributed by atoms with Gasteiger partial charge < -0.3 is 11.5 Å². The summed E-state index contributed by atoms with van der Waals surface area (Å²) in [5, 5.41) is 10.7. The molecule has 2 aromatic rings. The van der Waals surface area contributed by atoms with Gasteiger partial charge in [0.05, 0.1) is 10.6 Å². The fourth-order valence-electron chi connectivity index (χ4n) is 1.75. The molecule has 1 aromatic carbocycles. The Bertz CT molecular complexity index is 604. The molecule has 0 aliphatic heterocycles. The standard InChI is InChI=1S/C11H11N5O2/c1-6-9(10(12)15-11(13)14-6)7-3-2-4-8(5-7)16(17)18/h2-5H,1H3,(H4,12,13,14,15). The molecule has 0 aliphatic carbocycles. The average molecular weight is 245 g/mol. The molecule has 0 saturated heterocycles. The van der Waals surface area contributed by atoms with Gasteiger partial charge in [-0.15, -0.1) is 0 Å². The minimum Gasteiger partial charge on any atom is -0.383 e. The normalized spacial score (nSPS) is 10.3. The van der Waals surface area contributed by atoms with Crippen LogP contribution in [-0.2, 0) is 0 Å². The molecular formula is C11H11N5O2. The molecule has 1 aromatic heterocycles. The summed E-state index contributed by atoms with van der Waals surface area (Å²) in [6, 6.07) is 6.14. The summed E-state index contributed by atoms with van der Waals surface area (Å²) in [7, 11) is 0. The first-order valence-corrected chi connectivity index (χ1v) is 5.13. The summed E-state index contributed by atoms with van der Waals surface area (Å²) in [6.45, 7) is 1.72. The third-order valence-electron chi connectivity index (χ3n) is 2.48. The first-order valence-electron chi connectivity index (χ1n) is 5.13. The molecule has 7 nitrogen and oxygen atoms in total. The fourth-order valence-corrected chi connectivity index (χ4v) is 1.75. The van der Waals surface area contributed by atoms with E-state index < -0.39 is 4.92 Å². The van der Waals surface area contributed by atoms with Crippen molar-refractivity contribution in [3.63, 3.8) is 0 Å². The summed E-state index contributed by atoms with van der Waals surface area (Å²) in [6.07, 6.45) is 0. The number of nitrogen functional groups attached to an aromatic ring is 2. The van der Waals surface area contributed by atoms with E-state index in [0.717, 1.165) is 0 Å². The maximum absolute atomic E-state index is 10.7. The van der Waals surface area contributed by atoms with Crippen molar-refractivity contribution in [2.75, 3.05) is 11.5 Å². The van der Waals surface area contributed by atoms with Gasteiger partial charge in [-0.3, -0.25) is 10.1 Å². The molecule has 0 bridgehead atoms. The number of nitro benzene ring substituents is 1. The van der Waals surface area contributed by atoms with Gasteiger partial charge in [-0.2, -0.15) is 4.98 Å². The second-order valence-corrected chi connectivity index (χ2v) is 3.73. The van der Waals surface area contributed by atoms with Gasteiger partial charge in [0.25, 0.3) is 5.69 Å². The Balaban J connectivity index is 2.62. The third-order valence-corrected chi connectivity index (χ3v) is 2.48. The zero-order valence-electron chi connectivity index (χ0n) is 9.62. The highest BCUT2D eigenvalue weighted by Gasteiger charge is 2.13. The Morgan fingerprint density at radius 3 is 2.61 bits per heavy atom. The molecule has 7 heteroatoms. The minimum atomic E-state index is -0.465. The van der Waals surface area contributed by atoms with Crippen LogP contribution < -0.4 is 11.5 Å². The van der Waals surface area contributed by atoms with Gasteiger partial charge >= 0.3 is 0 Å². The molecule has 0 radical (unpaired) electrons. The van der Waals surface area contributed by atoms with Gasteiger partial charge in [0, 0.05) is 17.7 Å². The lowest BCUT2D eigenvalue weighted by Gasteiger charge is -2.08. The topological polar surface area (TPSA) is 121 Å². The van der Waals surface area contributed by atoms with E-state index in [0.29, 0.717) is 16.8 Å². The number of aromatic nitrogens is 2. The lowest BCUT2D eigenvalue weighted by molar-refractivity contribution is -0.384. The number of anilines is 2. The van der Waals surface area contributed by atoms with E-state index in [1.165, 1.54) is 12.1 Å². The Morgan fingerprint density at radius 2 is 2.00 bits per heavy atom. The van der Waals surface area contributed by atoms with Gasteiger partial charge in [0.1, 0.15) is 5.82 Å². The average Bonchev–Trinajstić information content (AvgIpc) is 2.28. The van der Waals surface area contributed by atoms with Crippen LogP contribution in [0.5, 0.6) is 0 Å². The summed E-state index contributed by atoms with van der Waals surface area (Å²) in [5.74, 6) is 0.291. The Morgan fingerprint density at radius 1 is 1.28 bits per heavy atom. The van der Waals surface area contributed by atoms with E-state index in [9.17, 15) is 10.1 Å². The molecule has 2 rings (SSSR count). The summed E-state index contributed by atoms with van der Waals surface area (Å²) in [5.41, 5.74) is 13.0. The van der Waals surface area contributed by atoms with Crippen LogP contribution in [0.15, 0.2) is 24.3 Å². The van der Waals surface area contributed by atoms with Crippen molar-refractivity contribution in [1.82, 2.24) is 9.97 Å². The van der Waals surface area contributed by atoms with Crippen molar-refractivity contribution in [2.45, 2.75) is 6.92 Å². The smallest absolute Gasteiger partial charge is 0.270 e. The molecule has 0 spiro atoms. The van der Waals surface area contributed by atoms with Gasteiger partial charge in [-0.1, -0.05) is 12.1 Å². The van der Waals surface area contributed by atoms with Gasteiger partial charge in [0.2, 0.25) is 5.95 Å². The SMILES string of the molecule is Cc1nc(N)nc(N)c1-c1cccc([N+](=O)[O-])c1. The number of nitrogens with two attached hydrogens (primary N) is 2. The Kier molecular flexibility index (Phi) is 2.80. The van der Waals surface area contributed by atoms with Gasteiger partial charge in [-0.05, 0) is 12.5 Å². The first-order chi connectivity index (χ1) is 8.49. The highest BCUT2D eigenvalue weighted by Crippen LogP contribution is 2.29. The van der Waals surface area contributed by atoms with E-state index >= 15 is 0 Å². The molecule has 0 amide bonds. The lowest BCUT2D eigenvalue weighted by Crippen LogP contribution is -2.04. The number of hydrogen-bond acceptors (Lipinski definition) is 6. The predicted molar refractivity (Wildman–Crippen MR) is 67.7 cm³/mol. The number of nitro groups is 1. The quantitative estimate of drug-likeness (QED) is 0.611. The first kappa shape index (κ1) is 11.8. The number of rotatable bonds is 2.